The number of hydrogen-bond donors (Lipinski definition) is 1. The van der Waals surface area contributed by atoms with Crippen molar-refractivity contribution in [3.63, 3.8) is 0 Å². The van der Waals surface area contributed by atoms with E-state index in [-0.39, 0.29) is 6.54 Å². The van der Waals surface area contributed by atoms with Crippen molar-refractivity contribution in [2.24, 2.45) is 5.92 Å². The number of carboxylic acid groups (broad SMARTS) is 1. The van der Waals surface area contributed by atoms with Crippen LogP contribution >= 0.6 is 0 Å². The van der Waals surface area contributed by atoms with Gasteiger partial charge >= 0.3 is 12.1 Å². The molecule has 1 unspecified atom stereocenters. The number of hydrogen-bond acceptors (Lipinski definition) is 3. The average molecular weight is 286 g/mol. The van der Waals surface area contributed by atoms with E-state index in [2.05, 4.69) is 0 Å². The third kappa shape index (κ3) is 4.55. The van der Waals surface area contributed by atoms with Crippen LogP contribution in [0.4, 0.5) is 13.2 Å². The van der Waals surface area contributed by atoms with Crippen LogP contribution in [0.1, 0.15) is 11.1 Å². The number of halogens is 3. The standard InChI is InChI=1S/C13H13F3N2O2/c1-18(8-11(12(19)20)13(14,15)16)7-10-4-2-3-9(5-10)6-17/h2-5,11H,7-8H2,1H3,(H,19,20). The SMILES string of the molecule is CN(Cc1cccc(C#N)c1)CC(C(=O)O)C(F)(F)F. The van der Waals surface area contributed by atoms with E-state index >= 15 is 0 Å². The number of alkyl halides is 3. The van der Waals surface area contributed by atoms with Crippen molar-refractivity contribution in [3.8, 4) is 6.07 Å². The van der Waals surface area contributed by atoms with Crippen LogP contribution in [-0.2, 0) is 11.3 Å². The molecular weight excluding hydrogens is 273 g/mol. The molecule has 1 atom stereocenters. The molecule has 0 heterocycles. The Morgan fingerprint density at radius 2 is 2.15 bits per heavy atom. The van der Waals surface area contributed by atoms with E-state index in [0.29, 0.717) is 11.1 Å². The Kier molecular flexibility index (Phi) is 5.11. The highest BCUT2D eigenvalue weighted by Crippen LogP contribution is 2.27. The molecule has 108 valence electrons. The van der Waals surface area contributed by atoms with E-state index in [1.54, 1.807) is 24.3 Å². The minimum Gasteiger partial charge on any atom is -0.481 e. The Balaban J connectivity index is 2.73. The Bertz CT molecular complexity index is 523. The molecule has 0 amide bonds. The Labute approximate surface area is 114 Å². The number of aliphatic carboxylic acids is 1. The zero-order valence-corrected chi connectivity index (χ0v) is 10.7. The van der Waals surface area contributed by atoms with Crippen molar-refractivity contribution in [1.82, 2.24) is 4.90 Å². The summed E-state index contributed by atoms with van der Waals surface area (Å²) < 4.78 is 37.6. The second-order valence-corrected chi connectivity index (χ2v) is 4.44. The van der Waals surface area contributed by atoms with Gasteiger partial charge in [0.15, 0.2) is 5.92 Å². The molecule has 20 heavy (non-hydrogen) atoms. The maximum atomic E-state index is 12.5. The summed E-state index contributed by atoms with van der Waals surface area (Å²) in [4.78, 5) is 11.9. The molecule has 0 spiro atoms. The van der Waals surface area contributed by atoms with Crippen LogP contribution in [0.5, 0.6) is 0 Å². The fourth-order valence-corrected chi connectivity index (χ4v) is 1.75. The molecule has 0 saturated carbocycles. The lowest BCUT2D eigenvalue weighted by molar-refractivity contribution is -0.196. The van der Waals surface area contributed by atoms with Crippen LogP contribution in [0.3, 0.4) is 0 Å². The van der Waals surface area contributed by atoms with Gasteiger partial charge in [-0.3, -0.25) is 4.79 Å². The van der Waals surface area contributed by atoms with Crippen molar-refractivity contribution in [2.45, 2.75) is 12.7 Å². The van der Waals surface area contributed by atoms with Crippen LogP contribution in [0.2, 0.25) is 0 Å². The van der Waals surface area contributed by atoms with Crippen LogP contribution in [0, 0.1) is 17.2 Å². The van der Waals surface area contributed by atoms with Crippen molar-refractivity contribution in [1.29, 1.82) is 5.26 Å². The van der Waals surface area contributed by atoms with E-state index in [9.17, 15) is 18.0 Å². The molecule has 0 saturated heterocycles. The summed E-state index contributed by atoms with van der Waals surface area (Å²) in [5, 5.41) is 17.3. The maximum Gasteiger partial charge on any atom is 0.403 e. The summed E-state index contributed by atoms with van der Waals surface area (Å²) in [6.45, 7) is -0.509. The molecule has 0 aliphatic rings. The maximum absolute atomic E-state index is 12.5. The zero-order valence-electron chi connectivity index (χ0n) is 10.7. The molecule has 0 aliphatic carbocycles. The number of benzene rings is 1. The van der Waals surface area contributed by atoms with Crippen molar-refractivity contribution >= 4 is 5.97 Å². The first kappa shape index (κ1) is 16.0. The van der Waals surface area contributed by atoms with Gasteiger partial charge in [0.2, 0.25) is 0 Å². The van der Waals surface area contributed by atoms with Crippen molar-refractivity contribution < 1.29 is 23.1 Å². The summed E-state index contributed by atoms with van der Waals surface area (Å²) in [5.41, 5.74) is 1.05. The molecule has 1 rings (SSSR count). The number of nitriles is 1. The molecule has 0 bridgehead atoms. The van der Waals surface area contributed by atoms with Gasteiger partial charge in [0.25, 0.3) is 0 Å². The smallest absolute Gasteiger partial charge is 0.403 e. The van der Waals surface area contributed by atoms with E-state index in [4.69, 9.17) is 10.4 Å². The van der Waals surface area contributed by atoms with Crippen LogP contribution in [-0.4, -0.2) is 35.7 Å². The van der Waals surface area contributed by atoms with Gasteiger partial charge < -0.3 is 10.0 Å². The van der Waals surface area contributed by atoms with Crippen LogP contribution < -0.4 is 0 Å². The second kappa shape index (κ2) is 6.39. The predicted molar refractivity (Wildman–Crippen MR) is 64.7 cm³/mol. The third-order valence-electron chi connectivity index (χ3n) is 2.70. The zero-order chi connectivity index (χ0) is 15.3. The number of rotatable bonds is 5. The normalized spacial score (nSPS) is 13.0. The molecule has 0 radical (unpaired) electrons. The number of carboxylic acids is 1. The molecule has 1 aromatic rings. The lowest BCUT2D eigenvalue weighted by Gasteiger charge is -2.23. The minimum atomic E-state index is -4.78. The minimum absolute atomic E-state index is 0.134. The fraction of sp³-hybridized carbons (Fsp3) is 0.385. The molecule has 0 aromatic heterocycles. The van der Waals surface area contributed by atoms with E-state index in [1.807, 2.05) is 6.07 Å². The Morgan fingerprint density at radius 3 is 2.65 bits per heavy atom. The fourth-order valence-electron chi connectivity index (χ4n) is 1.75. The first-order valence-electron chi connectivity index (χ1n) is 5.71. The predicted octanol–water partition coefficient (Wildman–Crippen LogP) is 2.25. The van der Waals surface area contributed by atoms with Crippen LogP contribution in [0.25, 0.3) is 0 Å². The van der Waals surface area contributed by atoms with Gasteiger partial charge in [0.1, 0.15) is 0 Å². The third-order valence-corrected chi connectivity index (χ3v) is 2.70. The van der Waals surface area contributed by atoms with Gasteiger partial charge in [-0.25, -0.2) is 0 Å². The molecule has 1 N–H and O–H groups in total. The van der Waals surface area contributed by atoms with E-state index in [1.165, 1.54) is 11.9 Å². The first-order valence-corrected chi connectivity index (χ1v) is 5.71. The Hall–Kier alpha value is -2.07. The van der Waals surface area contributed by atoms with Crippen molar-refractivity contribution in [2.75, 3.05) is 13.6 Å². The Morgan fingerprint density at radius 1 is 1.50 bits per heavy atom. The first-order chi connectivity index (χ1) is 9.24. The molecule has 7 heteroatoms. The van der Waals surface area contributed by atoms with Gasteiger partial charge in [0, 0.05) is 13.1 Å². The molecule has 4 nitrogen and oxygen atoms in total. The molecule has 0 aliphatic heterocycles. The highest BCUT2D eigenvalue weighted by molar-refractivity contribution is 5.71. The lowest BCUT2D eigenvalue weighted by Crippen LogP contribution is -2.39. The van der Waals surface area contributed by atoms with Gasteiger partial charge in [-0.15, -0.1) is 0 Å². The largest absolute Gasteiger partial charge is 0.481 e. The van der Waals surface area contributed by atoms with Gasteiger partial charge in [-0.05, 0) is 24.7 Å². The lowest BCUT2D eigenvalue weighted by atomic mass is 10.1. The topological polar surface area (TPSA) is 64.3 Å². The van der Waals surface area contributed by atoms with E-state index in [0.717, 1.165) is 0 Å². The number of nitrogens with zero attached hydrogens (tertiary/aromatic N) is 2. The highest BCUT2D eigenvalue weighted by atomic mass is 19.4. The highest BCUT2D eigenvalue weighted by Gasteiger charge is 2.45. The second-order valence-electron chi connectivity index (χ2n) is 4.44. The van der Waals surface area contributed by atoms with Gasteiger partial charge in [-0.1, -0.05) is 12.1 Å². The van der Waals surface area contributed by atoms with Gasteiger partial charge in [-0.2, -0.15) is 18.4 Å². The van der Waals surface area contributed by atoms with Gasteiger partial charge in [0.05, 0.1) is 11.6 Å². The molecular formula is C13H13F3N2O2. The average Bonchev–Trinajstić information content (AvgIpc) is 2.34. The summed E-state index contributed by atoms with van der Waals surface area (Å²) in [5.74, 6) is -4.32. The quantitative estimate of drug-likeness (QED) is 0.901. The van der Waals surface area contributed by atoms with E-state index < -0.39 is 24.6 Å². The van der Waals surface area contributed by atoms with Crippen molar-refractivity contribution in [3.05, 3.63) is 35.4 Å². The summed E-state index contributed by atoms with van der Waals surface area (Å²) in [7, 11) is 1.40. The van der Waals surface area contributed by atoms with Crippen LogP contribution in [0.15, 0.2) is 24.3 Å². The monoisotopic (exact) mass is 286 g/mol. The summed E-state index contributed by atoms with van der Waals surface area (Å²) >= 11 is 0. The molecule has 1 aromatic carbocycles. The number of carbonyl (C=O) groups is 1. The molecule has 0 fully saturated rings. The summed E-state index contributed by atoms with van der Waals surface area (Å²) in [6, 6.07) is 8.36. The summed E-state index contributed by atoms with van der Waals surface area (Å²) in [6.07, 6.45) is -4.78.